The smallest absolute Gasteiger partial charge is 0.244 e. The maximum atomic E-state index is 12.0. The summed E-state index contributed by atoms with van der Waals surface area (Å²) in [4.78, 5) is 0.102. The lowest BCUT2D eigenvalue weighted by Crippen LogP contribution is -2.23. The molecule has 0 radical (unpaired) electrons. The van der Waals surface area contributed by atoms with Crippen LogP contribution in [0.4, 0.5) is 0 Å². The van der Waals surface area contributed by atoms with E-state index in [9.17, 15) is 8.42 Å². The molecule has 0 atom stereocenters. The van der Waals surface area contributed by atoms with Crippen molar-refractivity contribution < 1.29 is 8.42 Å². The van der Waals surface area contributed by atoms with Gasteiger partial charge in [0, 0.05) is 18.9 Å². The molecule has 0 spiro atoms. The fourth-order valence-corrected chi connectivity index (χ4v) is 2.37. The van der Waals surface area contributed by atoms with Crippen LogP contribution in [0.1, 0.15) is 5.69 Å². The van der Waals surface area contributed by atoms with Crippen molar-refractivity contribution in [3.8, 4) is 0 Å². The van der Waals surface area contributed by atoms with E-state index in [0.717, 1.165) is 0 Å². The number of aromatic nitrogens is 4. The average molecular weight is 282 g/mol. The van der Waals surface area contributed by atoms with Crippen LogP contribution in [0.2, 0.25) is 0 Å². The fraction of sp³-hybridized carbons (Fsp3) is 0.300. The van der Waals surface area contributed by atoms with Gasteiger partial charge in [0.15, 0.2) is 0 Å². The summed E-state index contributed by atoms with van der Waals surface area (Å²) in [6.07, 6.45) is 4.25. The number of nitrogens with zero attached hydrogens (tertiary/aromatic N) is 4. The Balaban J connectivity index is 2.05. The molecule has 0 unspecified atom stereocenters. The molecule has 0 bridgehead atoms. The third-order valence-corrected chi connectivity index (χ3v) is 3.70. The van der Waals surface area contributed by atoms with Crippen LogP contribution in [0.5, 0.6) is 0 Å². The first kappa shape index (κ1) is 13.6. The molecule has 0 aliphatic carbocycles. The molecule has 0 fully saturated rings. The zero-order chi connectivity index (χ0) is 13.7. The van der Waals surface area contributed by atoms with Crippen LogP contribution in [0.25, 0.3) is 0 Å². The Bertz CT molecular complexity index is 624. The van der Waals surface area contributed by atoms with E-state index < -0.39 is 10.0 Å². The van der Waals surface area contributed by atoms with Gasteiger partial charge in [-0.2, -0.15) is 15.3 Å². The molecule has 2 heterocycles. The summed E-state index contributed by atoms with van der Waals surface area (Å²) < 4.78 is 27.9. The van der Waals surface area contributed by atoms with Gasteiger partial charge in [0.05, 0.1) is 25.0 Å². The summed E-state index contributed by atoms with van der Waals surface area (Å²) in [6, 6.07) is 3.38. The summed E-state index contributed by atoms with van der Waals surface area (Å²) >= 11 is 0. The third kappa shape index (κ3) is 3.56. The molecule has 2 aromatic heterocycles. The van der Waals surface area contributed by atoms with Crippen molar-refractivity contribution in [3.05, 3.63) is 36.4 Å². The van der Waals surface area contributed by atoms with Crippen molar-refractivity contribution in [1.82, 2.24) is 24.7 Å². The molecule has 0 amide bonds. The van der Waals surface area contributed by atoms with E-state index in [1.54, 1.807) is 12.1 Å². The molecule has 0 aliphatic heterocycles. The predicted molar refractivity (Wildman–Crippen MR) is 67.3 cm³/mol. The van der Waals surface area contributed by atoms with Gasteiger partial charge in [-0.05, 0) is 12.1 Å². The minimum atomic E-state index is -3.60. The first-order valence-electron chi connectivity index (χ1n) is 5.60. The van der Waals surface area contributed by atoms with Gasteiger partial charge >= 0.3 is 0 Å². The Morgan fingerprint density at radius 1 is 1.42 bits per heavy atom. The quantitative estimate of drug-likeness (QED) is 0.710. The zero-order valence-electron chi connectivity index (χ0n) is 10.1. The Kier molecular flexibility index (Phi) is 4.20. The van der Waals surface area contributed by atoms with Gasteiger partial charge < -0.3 is 5.73 Å². The lowest BCUT2D eigenvalue weighted by Gasteiger charge is -2.03. The molecular formula is C10H14N6O2S. The number of hydrogen-bond acceptors (Lipinski definition) is 6. The zero-order valence-corrected chi connectivity index (χ0v) is 10.9. The maximum absolute atomic E-state index is 12.0. The molecule has 0 aromatic carbocycles. The number of hydrogen-bond donors (Lipinski definition) is 2. The fourth-order valence-electron chi connectivity index (χ4n) is 1.42. The Morgan fingerprint density at radius 2 is 2.26 bits per heavy atom. The SMILES string of the molecule is NCCn1cc(S(=O)(=O)NCc2cccnn2)cn1. The van der Waals surface area contributed by atoms with Gasteiger partial charge in [0.2, 0.25) is 10.0 Å². The van der Waals surface area contributed by atoms with E-state index in [1.807, 2.05) is 0 Å². The third-order valence-electron chi connectivity index (χ3n) is 2.35. The molecule has 8 nitrogen and oxygen atoms in total. The van der Waals surface area contributed by atoms with Crippen molar-refractivity contribution in [3.63, 3.8) is 0 Å². The number of rotatable bonds is 6. The van der Waals surface area contributed by atoms with Crippen molar-refractivity contribution >= 4 is 10.0 Å². The summed E-state index contributed by atoms with van der Waals surface area (Å²) in [7, 11) is -3.60. The Morgan fingerprint density at radius 3 is 2.95 bits per heavy atom. The van der Waals surface area contributed by atoms with Crippen LogP contribution in [0.3, 0.4) is 0 Å². The van der Waals surface area contributed by atoms with E-state index in [2.05, 4.69) is 20.0 Å². The van der Waals surface area contributed by atoms with Crippen molar-refractivity contribution in [2.45, 2.75) is 18.0 Å². The highest BCUT2D eigenvalue weighted by molar-refractivity contribution is 7.89. The van der Waals surface area contributed by atoms with Gasteiger partial charge in [-0.15, -0.1) is 0 Å². The molecule has 2 aromatic rings. The maximum Gasteiger partial charge on any atom is 0.244 e. The average Bonchev–Trinajstić information content (AvgIpc) is 2.88. The van der Waals surface area contributed by atoms with Crippen molar-refractivity contribution in [2.75, 3.05) is 6.54 Å². The second kappa shape index (κ2) is 5.87. The van der Waals surface area contributed by atoms with Gasteiger partial charge in [-0.1, -0.05) is 0 Å². The molecule has 0 saturated heterocycles. The highest BCUT2D eigenvalue weighted by Crippen LogP contribution is 2.07. The van der Waals surface area contributed by atoms with Crippen molar-refractivity contribution in [1.29, 1.82) is 0 Å². The molecule has 9 heteroatoms. The van der Waals surface area contributed by atoms with E-state index >= 15 is 0 Å². The summed E-state index contributed by atoms with van der Waals surface area (Å²) in [5.74, 6) is 0. The summed E-state index contributed by atoms with van der Waals surface area (Å²) in [5, 5.41) is 11.4. The van der Waals surface area contributed by atoms with E-state index in [1.165, 1.54) is 23.3 Å². The Hall–Kier alpha value is -1.84. The predicted octanol–water partition coefficient (Wildman–Crippen LogP) is -0.890. The summed E-state index contributed by atoms with van der Waals surface area (Å²) in [5.41, 5.74) is 5.91. The van der Waals surface area contributed by atoms with Crippen LogP contribution in [-0.2, 0) is 23.1 Å². The molecule has 0 aliphatic rings. The van der Waals surface area contributed by atoms with Gasteiger partial charge in [0.1, 0.15) is 4.90 Å². The normalized spacial score (nSPS) is 11.6. The highest BCUT2D eigenvalue weighted by atomic mass is 32.2. The second-order valence-electron chi connectivity index (χ2n) is 3.77. The van der Waals surface area contributed by atoms with E-state index in [4.69, 9.17) is 5.73 Å². The lowest BCUT2D eigenvalue weighted by molar-refractivity contribution is 0.579. The Labute approximate surface area is 110 Å². The number of nitrogens with two attached hydrogens (primary N) is 1. The lowest BCUT2D eigenvalue weighted by atomic mass is 10.4. The van der Waals surface area contributed by atoms with Crippen LogP contribution in [0, 0.1) is 0 Å². The van der Waals surface area contributed by atoms with E-state index in [0.29, 0.717) is 18.8 Å². The largest absolute Gasteiger partial charge is 0.329 e. The standard InChI is InChI=1S/C10H14N6O2S/c11-3-5-16-8-10(7-13-16)19(17,18)14-6-9-2-1-4-12-15-9/h1-2,4,7-8,14H,3,5-6,11H2. The van der Waals surface area contributed by atoms with Crippen LogP contribution in [0.15, 0.2) is 35.6 Å². The molecule has 3 N–H and O–H groups in total. The van der Waals surface area contributed by atoms with E-state index in [-0.39, 0.29) is 11.4 Å². The minimum Gasteiger partial charge on any atom is -0.329 e. The van der Waals surface area contributed by atoms with Gasteiger partial charge in [0.25, 0.3) is 0 Å². The monoisotopic (exact) mass is 282 g/mol. The summed E-state index contributed by atoms with van der Waals surface area (Å²) in [6.45, 7) is 0.951. The number of sulfonamides is 1. The van der Waals surface area contributed by atoms with Gasteiger partial charge in [-0.25, -0.2) is 13.1 Å². The molecule has 2 rings (SSSR count). The first-order valence-corrected chi connectivity index (χ1v) is 7.09. The number of nitrogens with one attached hydrogen (secondary N) is 1. The minimum absolute atomic E-state index is 0.0816. The highest BCUT2D eigenvalue weighted by Gasteiger charge is 2.16. The van der Waals surface area contributed by atoms with Gasteiger partial charge in [-0.3, -0.25) is 4.68 Å². The molecular weight excluding hydrogens is 268 g/mol. The molecule has 0 saturated carbocycles. The molecule has 19 heavy (non-hydrogen) atoms. The second-order valence-corrected chi connectivity index (χ2v) is 5.53. The topological polar surface area (TPSA) is 116 Å². The van der Waals surface area contributed by atoms with Crippen LogP contribution < -0.4 is 10.5 Å². The molecule has 102 valence electrons. The van der Waals surface area contributed by atoms with Crippen LogP contribution >= 0.6 is 0 Å². The van der Waals surface area contributed by atoms with Crippen molar-refractivity contribution in [2.24, 2.45) is 5.73 Å². The first-order chi connectivity index (χ1) is 9.12. The van der Waals surface area contributed by atoms with Crippen LogP contribution in [-0.4, -0.2) is 34.9 Å².